The molecule has 0 fully saturated rings. The van der Waals surface area contributed by atoms with Crippen LogP contribution in [0.4, 0.5) is 4.79 Å². The van der Waals surface area contributed by atoms with Gasteiger partial charge in [0.2, 0.25) is 0 Å². The molecule has 0 aliphatic carbocycles. The zero-order valence-electron chi connectivity index (χ0n) is 11.4. The van der Waals surface area contributed by atoms with Gasteiger partial charge in [-0.1, -0.05) is 23.7 Å². The highest BCUT2D eigenvalue weighted by molar-refractivity contribution is 6.30. The summed E-state index contributed by atoms with van der Waals surface area (Å²) in [6.45, 7) is 5.75. The van der Waals surface area contributed by atoms with Gasteiger partial charge < -0.3 is 15.1 Å². The van der Waals surface area contributed by atoms with E-state index in [-0.39, 0.29) is 6.54 Å². The minimum Gasteiger partial charge on any atom is -0.465 e. The van der Waals surface area contributed by atoms with Crippen molar-refractivity contribution < 1.29 is 15.0 Å². The van der Waals surface area contributed by atoms with Crippen LogP contribution < -0.4 is 0 Å². The molecule has 106 valence electrons. The Morgan fingerprint density at radius 1 is 1.42 bits per heavy atom. The molecule has 4 nitrogen and oxygen atoms in total. The van der Waals surface area contributed by atoms with E-state index in [1.807, 2.05) is 20.8 Å². The SMILES string of the molecule is CC(C)(C)N(CCC(O)c1cccc(Cl)c1)C(=O)O. The van der Waals surface area contributed by atoms with Gasteiger partial charge in [-0.2, -0.15) is 0 Å². The van der Waals surface area contributed by atoms with Crippen molar-refractivity contribution in [3.05, 3.63) is 34.9 Å². The third kappa shape index (κ3) is 4.73. The van der Waals surface area contributed by atoms with E-state index in [4.69, 9.17) is 16.7 Å². The minimum absolute atomic E-state index is 0.270. The number of carboxylic acid groups (broad SMARTS) is 1. The van der Waals surface area contributed by atoms with Gasteiger partial charge in [0, 0.05) is 17.1 Å². The number of rotatable bonds is 4. The average Bonchev–Trinajstić information content (AvgIpc) is 2.26. The first-order chi connectivity index (χ1) is 8.71. The second-order valence-corrected chi connectivity index (χ2v) is 5.90. The summed E-state index contributed by atoms with van der Waals surface area (Å²) in [6.07, 6.45) is -1.36. The molecule has 19 heavy (non-hydrogen) atoms. The molecule has 0 bridgehead atoms. The highest BCUT2D eigenvalue weighted by atomic mass is 35.5. The molecule has 1 aromatic rings. The summed E-state index contributed by atoms with van der Waals surface area (Å²) >= 11 is 5.86. The van der Waals surface area contributed by atoms with Crippen molar-refractivity contribution in [1.82, 2.24) is 4.90 Å². The first kappa shape index (κ1) is 15.8. The third-order valence-electron chi connectivity index (χ3n) is 2.90. The Kier molecular flexibility index (Phi) is 5.20. The van der Waals surface area contributed by atoms with Crippen LogP contribution in [0, 0.1) is 0 Å². The molecule has 1 unspecified atom stereocenters. The molecule has 1 aromatic carbocycles. The number of amides is 1. The maximum atomic E-state index is 11.2. The number of hydrogen-bond acceptors (Lipinski definition) is 2. The number of aliphatic hydroxyl groups is 1. The van der Waals surface area contributed by atoms with Gasteiger partial charge in [-0.25, -0.2) is 4.79 Å². The Hall–Kier alpha value is -1.26. The van der Waals surface area contributed by atoms with E-state index in [0.29, 0.717) is 17.0 Å². The third-order valence-corrected chi connectivity index (χ3v) is 3.14. The van der Waals surface area contributed by atoms with Crippen LogP contribution in [0.1, 0.15) is 38.9 Å². The number of carbonyl (C=O) groups is 1. The molecule has 0 spiro atoms. The van der Waals surface area contributed by atoms with Crippen molar-refractivity contribution in [2.24, 2.45) is 0 Å². The summed E-state index contributed by atoms with van der Waals surface area (Å²) in [5, 5.41) is 19.8. The van der Waals surface area contributed by atoms with Crippen molar-refractivity contribution in [3.63, 3.8) is 0 Å². The molecule has 1 rings (SSSR count). The maximum Gasteiger partial charge on any atom is 0.407 e. The van der Waals surface area contributed by atoms with Crippen molar-refractivity contribution in [3.8, 4) is 0 Å². The molecule has 1 amide bonds. The van der Waals surface area contributed by atoms with E-state index >= 15 is 0 Å². The lowest BCUT2D eigenvalue weighted by Crippen LogP contribution is -2.45. The second-order valence-electron chi connectivity index (χ2n) is 5.46. The molecule has 0 aliphatic heterocycles. The first-order valence-corrected chi connectivity index (χ1v) is 6.53. The van der Waals surface area contributed by atoms with Crippen molar-refractivity contribution in [2.45, 2.75) is 38.8 Å². The largest absolute Gasteiger partial charge is 0.465 e. The van der Waals surface area contributed by atoms with Crippen LogP contribution in [0.2, 0.25) is 5.02 Å². The lowest BCUT2D eigenvalue weighted by Gasteiger charge is -2.33. The van der Waals surface area contributed by atoms with E-state index in [2.05, 4.69) is 0 Å². The molecule has 0 saturated carbocycles. The smallest absolute Gasteiger partial charge is 0.407 e. The topological polar surface area (TPSA) is 60.8 Å². The van der Waals surface area contributed by atoms with Crippen LogP contribution in [0.3, 0.4) is 0 Å². The highest BCUT2D eigenvalue weighted by Gasteiger charge is 2.26. The molecular weight excluding hydrogens is 266 g/mol. The molecule has 0 aromatic heterocycles. The fourth-order valence-corrected chi connectivity index (χ4v) is 2.05. The van der Waals surface area contributed by atoms with E-state index in [1.54, 1.807) is 24.3 Å². The monoisotopic (exact) mass is 285 g/mol. The molecule has 0 radical (unpaired) electrons. The predicted octanol–water partition coefficient (Wildman–Crippen LogP) is 3.54. The molecule has 0 heterocycles. The van der Waals surface area contributed by atoms with Gasteiger partial charge in [-0.15, -0.1) is 0 Å². The molecule has 1 atom stereocenters. The Balaban J connectivity index is 2.67. The fourth-order valence-electron chi connectivity index (χ4n) is 1.85. The number of benzene rings is 1. The Morgan fingerprint density at radius 3 is 2.53 bits per heavy atom. The summed E-state index contributed by atoms with van der Waals surface area (Å²) in [4.78, 5) is 12.5. The van der Waals surface area contributed by atoms with Crippen molar-refractivity contribution in [2.75, 3.05) is 6.54 Å². The molecule has 5 heteroatoms. The lowest BCUT2D eigenvalue weighted by atomic mass is 10.0. The van der Waals surface area contributed by atoms with Crippen molar-refractivity contribution in [1.29, 1.82) is 0 Å². The lowest BCUT2D eigenvalue weighted by molar-refractivity contribution is 0.0821. The van der Waals surface area contributed by atoms with Crippen LogP contribution in [0.15, 0.2) is 24.3 Å². The summed E-state index contributed by atoms with van der Waals surface area (Å²) in [5.41, 5.74) is 0.214. The summed E-state index contributed by atoms with van der Waals surface area (Å²) in [5.74, 6) is 0. The summed E-state index contributed by atoms with van der Waals surface area (Å²) < 4.78 is 0. The van der Waals surface area contributed by atoms with Gasteiger partial charge >= 0.3 is 6.09 Å². The van der Waals surface area contributed by atoms with Crippen molar-refractivity contribution >= 4 is 17.7 Å². The van der Waals surface area contributed by atoms with Gasteiger partial charge in [0.15, 0.2) is 0 Å². The number of hydrogen-bond donors (Lipinski definition) is 2. The predicted molar refractivity (Wildman–Crippen MR) is 75.5 cm³/mol. The van der Waals surface area contributed by atoms with Gasteiger partial charge in [-0.3, -0.25) is 0 Å². The van der Waals surface area contributed by atoms with Crippen LogP contribution >= 0.6 is 11.6 Å². The normalized spacial score (nSPS) is 13.1. The maximum absolute atomic E-state index is 11.2. The standard InChI is InChI=1S/C14H20ClNO3/c1-14(2,3)16(13(18)19)8-7-12(17)10-5-4-6-11(15)9-10/h4-6,9,12,17H,7-8H2,1-3H3,(H,18,19). The van der Waals surface area contributed by atoms with Gasteiger partial charge in [-0.05, 0) is 44.9 Å². The van der Waals surface area contributed by atoms with E-state index in [0.717, 1.165) is 0 Å². The number of aliphatic hydroxyl groups excluding tert-OH is 1. The number of halogens is 1. The molecular formula is C14H20ClNO3. The van der Waals surface area contributed by atoms with Crippen LogP contribution in [-0.2, 0) is 0 Å². The zero-order chi connectivity index (χ0) is 14.6. The highest BCUT2D eigenvalue weighted by Crippen LogP contribution is 2.22. The van der Waals surface area contributed by atoms with E-state index in [1.165, 1.54) is 4.90 Å². The Morgan fingerprint density at radius 2 is 2.05 bits per heavy atom. The van der Waals surface area contributed by atoms with Gasteiger partial charge in [0.1, 0.15) is 0 Å². The molecule has 0 saturated heterocycles. The molecule has 2 N–H and O–H groups in total. The fraction of sp³-hybridized carbons (Fsp3) is 0.500. The van der Waals surface area contributed by atoms with Gasteiger partial charge in [0.25, 0.3) is 0 Å². The van der Waals surface area contributed by atoms with Crippen LogP contribution in [0.5, 0.6) is 0 Å². The quantitative estimate of drug-likeness (QED) is 0.889. The van der Waals surface area contributed by atoms with E-state index < -0.39 is 17.7 Å². The zero-order valence-corrected chi connectivity index (χ0v) is 12.2. The Labute approximate surface area is 118 Å². The Bertz CT molecular complexity index is 443. The van der Waals surface area contributed by atoms with Gasteiger partial charge in [0.05, 0.1) is 6.10 Å². The second kappa shape index (κ2) is 6.26. The summed E-state index contributed by atoms with van der Waals surface area (Å²) in [7, 11) is 0. The first-order valence-electron chi connectivity index (χ1n) is 6.16. The average molecular weight is 286 g/mol. The van der Waals surface area contributed by atoms with E-state index in [9.17, 15) is 9.90 Å². The van der Waals surface area contributed by atoms with Crippen LogP contribution in [-0.4, -0.2) is 33.3 Å². The minimum atomic E-state index is -0.981. The number of nitrogens with zero attached hydrogens (tertiary/aromatic N) is 1. The van der Waals surface area contributed by atoms with Crippen LogP contribution in [0.25, 0.3) is 0 Å². The molecule has 0 aliphatic rings. The summed E-state index contributed by atoms with van der Waals surface area (Å²) in [6, 6.07) is 6.96.